The molecule has 1 aliphatic rings. The average Bonchev–Trinajstić information content (AvgIpc) is 2.67. The lowest BCUT2D eigenvalue weighted by Gasteiger charge is -2.36. The summed E-state index contributed by atoms with van der Waals surface area (Å²) >= 11 is 0. The molecule has 128 valence electrons. The van der Waals surface area contributed by atoms with E-state index < -0.39 is 0 Å². The van der Waals surface area contributed by atoms with Gasteiger partial charge < -0.3 is 14.7 Å². The number of hydrogen-bond acceptors (Lipinski definition) is 7. The summed E-state index contributed by atoms with van der Waals surface area (Å²) in [6.07, 6.45) is 5.89. The van der Waals surface area contributed by atoms with Gasteiger partial charge in [-0.05, 0) is 18.6 Å². The molecule has 0 saturated carbocycles. The van der Waals surface area contributed by atoms with Crippen LogP contribution in [0.15, 0.2) is 30.6 Å². The van der Waals surface area contributed by atoms with E-state index in [1.165, 1.54) is 0 Å². The van der Waals surface area contributed by atoms with Crippen molar-refractivity contribution >= 4 is 17.6 Å². The highest BCUT2D eigenvalue weighted by molar-refractivity contribution is 5.45. The molecule has 0 bridgehead atoms. The summed E-state index contributed by atoms with van der Waals surface area (Å²) in [4.78, 5) is 15.8. The Hall–Kier alpha value is -2.44. The molecule has 0 aromatic carbocycles. The molecular formula is C17H25N7. The van der Waals surface area contributed by atoms with Crippen molar-refractivity contribution in [3.05, 3.63) is 30.6 Å². The topological polar surface area (TPSA) is 61.3 Å². The fourth-order valence-electron chi connectivity index (χ4n) is 2.80. The van der Waals surface area contributed by atoms with Crippen LogP contribution in [-0.4, -0.2) is 59.9 Å². The quantitative estimate of drug-likeness (QED) is 0.802. The second-order valence-electron chi connectivity index (χ2n) is 6.05. The maximum absolute atomic E-state index is 4.69. The molecule has 7 heteroatoms. The molecule has 24 heavy (non-hydrogen) atoms. The smallest absolute Gasteiger partial charge is 0.247 e. The molecule has 0 N–H and O–H groups in total. The van der Waals surface area contributed by atoms with Crippen LogP contribution < -0.4 is 14.7 Å². The highest BCUT2D eigenvalue weighted by Gasteiger charge is 2.20. The van der Waals surface area contributed by atoms with E-state index in [4.69, 9.17) is 4.98 Å². The Morgan fingerprint density at radius 1 is 1.08 bits per heavy atom. The van der Waals surface area contributed by atoms with Crippen LogP contribution in [0.5, 0.6) is 0 Å². The van der Waals surface area contributed by atoms with Crippen LogP contribution in [0.2, 0.25) is 0 Å². The van der Waals surface area contributed by atoms with Crippen LogP contribution in [0.3, 0.4) is 0 Å². The van der Waals surface area contributed by atoms with Crippen molar-refractivity contribution in [3.63, 3.8) is 0 Å². The Bertz CT molecular complexity index is 626. The largest absolute Gasteiger partial charge is 0.353 e. The van der Waals surface area contributed by atoms with E-state index >= 15 is 0 Å². The van der Waals surface area contributed by atoms with Crippen molar-refractivity contribution in [1.29, 1.82) is 0 Å². The van der Waals surface area contributed by atoms with Gasteiger partial charge in [0.05, 0.1) is 6.20 Å². The Morgan fingerprint density at radius 3 is 2.50 bits per heavy atom. The normalized spacial score (nSPS) is 14.8. The molecule has 3 rings (SSSR count). The summed E-state index contributed by atoms with van der Waals surface area (Å²) in [5.41, 5.74) is 0. The highest BCUT2D eigenvalue weighted by atomic mass is 15.4. The first kappa shape index (κ1) is 16.4. The second-order valence-corrected chi connectivity index (χ2v) is 6.05. The fourth-order valence-corrected chi connectivity index (χ4v) is 2.80. The van der Waals surface area contributed by atoms with Gasteiger partial charge in [0, 0.05) is 46.0 Å². The fraction of sp³-hybridized carbons (Fsp3) is 0.529. The van der Waals surface area contributed by atoms with Gasteiger partial charge >= 0.3 is 0 Å². The van der Waals surface area contributed by atoms with Gasteiger partial charge in [-0.3, -0.25) is 0 Å². The Morgan fingerprint density at radius 2 is 1.83 bits per heavy atom. The zero-order chi connectivity index (χ0) is 16.8. The first-order chi connectivity index (χ1) is 11.8. The summed E-state index contributed by atoms with van der Waals surface area (Å²) in [6, 6.07) is 6.03. The zero-order valence-electron chi connectivity index (χ0n) is 14.5. The summed E-state index contributed by atoms with van der Waals surface area (Å²) < 4.78 is 0. The number of nitrogens with zero attached hydrogens (tertiary/aromatic N) is 7. The Balaban J connectivity index is 1.62. The van der Waals surface area contributed by atoms with Crippen molar-refractivity contribution in [2.75, 3.05) is 54.5 Å². The van der Waals surface area contributed by atoms with Gasteiger partial charge in [0.25, 0.3) is 0 Å². The summed E-state index contributed by atoms with van der Waals surface area (Å²) in [7, 11) is 2.02. The van der Waals surface area contributed by atoms with E-state index in [0.717, 1.165) is 57.2 Å². The molecule has 0 unspecified atom stereocenters. The van der Waals surface area contributed by atoms with Gasteiger partial charge in [-0.15, -0.1) is 5.10 Å². The molecule has 1 aliphatic heterocycles. The summed E-state index contributed by atoms with van der Waals surface area (Å²) in [5.74, 6) is 2.65. The number of anilines is 3. The maximum atomic E-state index is 4.69. The van der Waals surface area contributed by atoms with Gasteiger partial charge in [-0.2, -0.15) is 10.1 Å². The van der Waals surface area contributed by atoms with E-state index in [-0.39, 0.29) is 0 Å². The summed E-state index contributed by atoms with van der Waals surface area (Å²) in [6.45, 7) is 6.82. The van der Waals surface area contributed by atoms with Crippen molar-refractivity contribution in [3.8, 4) is 0 Å². The number of piperazine rings is 1. The standard InChI is InChI=1S/C17H25N7/c1-3-4-9-22(2)17-20-16(14-19-21-17)24-12-10-23(11-13-24)15-7-5-6-8-18-15/h5-8,14H,3-4,9-13H2,1-2H3. The number of pyridine rings is 1. The van der Waals surface area contributed by atoms with Crippen molar-refractivity contribution in [2.45, 2.75) is 19.8 Å². The first-order valence-corrected chi connectivity index (χ1v) is 8.59. The second kappa shape index (κ2) is 7.90. The van der Waals surface area contributed by atoms with Crippen LogP contribution in [-0.2, 0) is 0 Å². The van der Waals surface area contributed by atoms with Crippen LogP contribution in [0.1, 0.15) is 19.8 Å². The molecule has 0 spiro atoms. The maximum Gasteiger partial charge on any atom is 0.247 e. The zero-order valence-corrected chi connectivity index (χ0v) is 14.5. The Kier molecular flexibility index (Phi) is 5.40. The van der Waals surface area contributed by atoms with Gasteiger partial charge in [0.2, 0.25) is 5.95 Å². The lowest BCUT2D eigenvalue weighted by atomic mass is 10.3. The highest BCUT2D eigenvalue weighted by Crippen LogP contribution is 2.18. The van der Waals surface area contributed by atoms with E-state index in [0.29, 0.717) is 5.95 Å². The monoisotopic (exact) mass is 327 g/mol. The van der Waals surface area contributed by atoms with Crippen molar-refractivity contribution in [1.82, 2.24) is 20.2 Å². The molecule has 1 saturated heterocycles. The van der Waals surface area contributed by atoms with Crippen molar-refractivity contribution in [2.24, 2.45) is 0 Å². The third kappa shape index (κ3) is 3.90. The molecule has 2 aromatic heterocycles. The van der Waals surface area contributed by atoms with E-state index in [9.17, 15) is 0 Å². The predicted octanol–water partition coefficient (Wildman–Crippen LogP) is 1.83. The third-order valence-corrected chi connectivity index (χ3v) is 4.30. The van der Waals surface area contributed by atoms with Gasteiger partial charge in [-0.25, -0.2) is 4.98 Å². The molecule has 0 aliphatic carbocycles. The number of rotatable bonds is 6. The third-order valence-electron chi connectivity index (χ3n) is 4.30. The molecular weight excluding hydrogens is 302 g/mol. The van der Waals surface area contributed by atoms with Crippen molar-refractivity contribution < 1.29 is 0 Å². The molecule has 7 nitrogen and oxygen atoms in total. The molecule has 1 fully saturated rings. The number of unbranched alkanes of at least 4 members (excludes halogenated alkanes) is 1. The molecule has 0 amide bonds. The number of aromatic nitrogens is 4. The van der Waals surface area contributed by atoms with Crippen LogP contribution in [0.4, 0.5) is 17.6 Å². The molecule has 0 atom stereocenters. The van der Waals surface area contributed by atoms with Crippen LogP contribution in [0.25, 0.3) is 0 Å². The molecule has 3 heterocycles. The first-order valence-electron chi connectivity index (χ1n) is 8.59. The predicted molar refractivity (Wildman–Crippen MR) is 96.7 cm³/mol. The minimum atomic E-state index is 0.702. The average molecular weight is 327 g/mol. The van der Waals surface area contributed by atoms with Gasteiger partial charge in [0.1, 0.15) is 5.82 Å². The van der Waals surface area contributed by atoms with Gasteiger partial charge in [-0.1, -0.05) is 19.4 Å². The van der Waals surface area contributed by atoms with E-state index in [1.807, 2.05) is 25.4 Å². The van der Waals surface area contributed by atoms with E-state index in [2.05, 4.69) is 42.9 Å². The van der Waals surface area contributed by atoms with Gasteiger partial charge in [0.15, 0.2) is 5.82 Å². The lowest BCUT2D eigenvalue weighted by Crippen LogP contribution is -2.47. The Labute approximate surface area is 143 Å². The number of hydrogen-bond donors (Lipinski definition) is 0. The molecule has 2 aromatic rings. The lowest BCUT2D eigenvalue weighted by molar-refractivity contribution is 0.637. The minimum Gasteiger partial charge on any atom is -0.353 e. The van der Waals surface area contributed by atoms with Crippen LogP contribution in [0, 0.1) is 0 Å². The SMILES string of the molecule is CCCCN(C)c1nncc(N2CCN(c3ccccn3)CC2)n1. The van der Waals surface area contributed by atoms with E-state index in [1.54, 1.807) is 6.20 Å². The minimum absolute atomic E-state index is 0.702. The van der Waals surface area contributed by atoms with Crippen LogP contribution >= 0.6 is 0 Å². The molecule has 0 radical (unpaired) electrons. The summed E-state index contributed by atoms with van der Waals surface area (Å²) in [5, 5.41) is 8.31.